The van der Waals surface area contributed by atoms with Gasteiger partial charge in [0.1, 0.15) is 6.61 Å². The SMILES string of the molecule is CC=C[CH]O. The van der Waals surface area contributed by atoms with Crippen LogP contribution in [0.2, 0.25) is 0 Å². The zero-order valence-electron chi connectivity index (χ0n) is 3.18. The average molecular weight is 71.1 g/mol. The van der Waals surface area contributed by atoms with E-state index < -0.39 is 0 Å². The van der Waals surface area contributed by atoms with Crippen LogP contribution in [-0.4, -0.2) is 5.11 Å². The summed E-state index contributed by atoms with van der Waals surface area (Å²) in [7, 11) is 0. The first-order valence-corrected chi connectivity index (χ1v) is 1.50. The van der Waals surface area contributed by atoms with Crippen molar-refractivity contribution in [2.75, 3.05) is 0 Å². The normalized spacial score (nSPS) is 10.0. The molecule has 0 aromatic heterocycles. The van der Waals surface area contributed by atoms with Gasteiger partial charge in [-0.05, 0) is 6.92 Å². The molecule has 0 aliphatic rings. The summed E-state index contributed by atoms with van der Waals surface area (Å²) >= 11 is 0. The molecule has 0 amide bonds. The van der Waals surface area contributed by atoms with Gasteiger partial charge in [0.15, 0.2) is 0 Å². The molecule has 1 N–H and O–H groups in total. The second kappa shape index (κ2) is 3.70. The van der Waals surface area contributed by atoms with Crippen molar-refractivity contribution in [3.63, 3.8) is 0 Å². The lowest BCUT2D eigenvalue weighted by Crippen LogP contribution is -1.53. The highest BCUT2D eigenvalue weighted by Gasteiger charge is 1.54. The molecule has 1 nitrogen and oxygen atoms in total. The third-order valence-electron chi connectivity index (χ3n) is 0.279. The topological polar surface area (TPSA) is 20.2 Å². The van der Waals surface area contributed by atoms with Gasteiger partial charge in [-0.2, -0.15) is 0 Å². The lowest BCUT2D eigenvalue weighted by atomic mass is 10.6. The minimum Gasteiger partial charge on any atom is -0.386 e. The van der Waals surface area contributed by atoms with E-state index in [1.165, 1.54) is 0 Å². The molecule has 29 valence electrons. The molecule has 1 radical (unpaired) electrons. The molecule has 0 aliphatic carbocycles. The van der Waals surface area contributed by atoms with E-state index in [4.69, 9.17) is 5.11 Å². The minimum atomic E-state index is 1.00. The van der Waals surface area contributed by atoms with Gasteiger partial charge in [0, 0.05) is 0 Å². The molecule has 0 rings (SSSR count). The summed E-state index contributed by atoms with van der Waals surface area (Å²) in [6.45, 7) is 2.84. The molecule has 0 fully saturated rings. The van der Waals surface area contributed by atoms with Crippen LogP contribution >= 0.6 is 0 Å². The summed E-state index contributed by atoms with van der Waals surface area (Å²) in [6, 6.07) is 0. The van der Waals surface area contributed by atoms with Gasteiger partial charge < -0.3 is 5.11 Å². The first kappa shape index (κ1) is 4.70. The van der Waals surface area contributed by atoms with Crippen LogP contribution in [0.1, 0.15) is 6.92 Å². The first-order valence-electron chi connectivity index (χ1n) is 1.50. The van der Waals surface area contributed by atoms with Crippen molar-refractivity contribution in [1.29, 1.82) is 0 Å². The molecule has 0 heterocycles. The zero-order chi connectivity index (χ0) is 4.12. The molecular weight excluding hydrogens is 64.0 g/mol. The van der Waals surface area contributed by atoms with Crippen LogP contribution < -0.4 is 0 Å². The molecule has 0 aromatic rings. The van der Waals surface area contributed by atoms with Crippen LogP contribution in [0.3, 0.4) is 0 Å². The Labute approximate surface area is 31.9 Å². The highest BCUT2D eigenvalue weighted by molar-refractivity contribution is 4.83. The fourth-order valence-electron chi connectivity index (χ4n) is 0.0861. The Morgan fingerprint density at radius 2 is 2.20 bits per heavy atom. The predicted octanol–water partition coefficient (Wildman–Crippen LogP) is 1.10. The van der Waals surface area contributed by atoms with Gasteiger partial charge in [0.05, 0.1) is 0 Å². The molecule has 0 aromatic carbocycles. The molecule has 1 heteroatoms. The van der Waals surface area contributed by atoms with Crippen molar-refractivity contribution in [2.24, 2.45) is 0 Å². The molecule has 0 spiro atoms. The Bertz CT molecular complexity index is 30.6. The summed E-state index contributed by atoms with van der Waals surface area (Å²) in [5, 5.41) is 7.85. The van der Waals surface area contributed by atoms with Crippen molar-refractivity contribution in [1.82, 2.24) is 0 Å². The van der Waals surface area contributed by atoms with Crippen molar-refractivity contribution < 1.29 is 5.11 Å². The van der Waals surface area contributed by atoms with E-state index in [1.54, 1.807) is 12.2 Å². The quantitative estimate of drug-likeness (QED) is 0.490. The van der Waals surface area contributed by atoms with Crippen LogP contribution in [0.4, 0.5) is 0 Å². The number of aliphatic hydroxyl groups excluding tert-OH is 1. The Balaban J connectivity index is 2.62. The largest absolute Gasteiger partial charge is 0.386 e. The highest BCUT2D eigenvalue weighted by atomic mass is 16.2. The number of allylic oxidation sites excluding steroid dienone is 1. The van der Waals surface area contributed by atoms with Crippen LogP contribution in [0.15, 0.2) is 12.2 Å². The van der Waals surface area contributed by atoms with Gasteiger partial charge in [-0.15, -0.1) is 0 Å². The van der Waals surface area contributed by atoms with Crippen molar-refractivity contribution in [3.05, 3.63) is 18.8 Å². The van der Waals surface area contributed by atoms with Crippen LogP contribution in [-0.2, 0) is 0 Å². The third-order valence-corrected chi connectivity index (χ3v) is 0.279. The van der Waals surface area contributed by atoms with Crippen LogP contribution in [0, 0.1) is 6.61 Å². The van der Waals surface area contributed by atoms with E-state index in [2.05, 4.69) is 0 Å². The number of hydrogen-bond donors (Lipinski definition) is 1. The highest BCUT2D eigenvalue weighted by Crippen LogP contribution is 1.67. The van der Waals surface area contributed by atoms with Crippen molar-refractivity contribution >= 4 is 0 Å². The van der Waals surface area contributed by atoms with E-state index in [9.17, 15) is 0 Å². The minimum absolute atomic E-state index is 1.00. The lowest BCUT2D eigenvalue weighted by Gasteiger charge is -1.64. The van der Waals surface area contributed by atoms with Gasteiger partial charge in [-0.1, -0.05) is 12.2 Å². The van der Waals surface area contributed by atoms with Gasteiger partial charge in [-0.3, -0.25) is 0 Å². The zero-order valence-corrected chi connectivity index (χ0v) is 3.18. The van der Waals surface area contributed by atoms with Crippen LogP contribution in [0.25, 0.3) is 0 Å². The molecule has 5 heavy (non-hydrogen) atoms. The van der Waals surface area contributed by atoms with Crippen LogP contribution in [0.5, 0.6) is 0 Å². The van der Waals surface area contributed by atoms with Gasteiger partial charge in [0.25, 0.3) is 0 Å². The Morgan fingerprint density at radius 1 is 1.60 bits per heavy atom. The van der Waals surface area contributed by atoms with E-state index in [0.717, 1.165) is 6.61 Å². The predicted molar refractivity (Wildman–Crippen MR) is 21.0 cm³/mol. The van der Waals surface area contributed by atoms with E-state index in [1.807, 2.05) is 6.92 Å². The summed E-state index contributed by atoms with van der Waals surface area (Å²) in [6.07, 6.45) is 3.31. The standard InChI is InChI=1S/C4H7O/c1-2-3-4-5/h2-5H,1H3. The Morgan fingerprint density at radius 3 is 2.20 bits per heavy atom. The summed E-state index contributed by atoms with van der Waals surface area (Å²) in [4.78, 5) is 0. The van der Waals surface area contributed by atoms with Gasteiger partial charge in [0.2, 0.25) is 0 Å². The molecule has 0 atom stereocenters. The maximum absolute atomic E-state index is 7.85. The summed E-state index contributed by atoms with van der Waals surface area (Å²) < 4.78 is 0. The molecule has 0 aliphatic heterocycles. The average Bonchev–Trinajstić information content (AvgIpc) is 1.41. The Hall–Kier alpha value is -0.300. The second-order valence-corrected chi connectivity index (χ2v) is 0.675. The van der Waals surface area contributed by atoms with Crippen molar-refractivity contribution in [2.45, 2.75) is 6.92 Å². The smallest absolute Gasteiger partial charge is 0.102 e. The summed E-state index contributed by atoms with van der Waals surface area (Å²) in [5.74, 6) is 0. The molecular formula is C4H7O. The van der Waals surface area contributed by atoms with E-state index in [0.29, 0.717) is 0 Å². The maximum atomic E-state index is 7.85. The molecule has 0 saturated carbocycles. The van der Waals surface area contributed by atoms with Gasteiger partial charge >= 0.3 is 0 Å². The fourth-order valence-corrected chi connectivity index (χ4v) is 0.0861. The maximum Gasteiger partial charge on any atom is 0.102 e. The van der Waals surface area contributed by atoms with E-state index >= 15 is 0 Å². The monoisotopic (exact) mass is 71.0 g/mol. The summed E-state index contributed by atoms with van der Waals surface area (Å²) in [5.41, 5.74) is 0. The number of hydrogen-bond acceptors (Lipinski definition) is 1. The third kappa shape index (κ3) is 3.70. The fraction of sp³-hybridized carbons (Fsp3) is 0.250. The van der Waals surface area contributed by atoms with E-state index in [-0.39, 0.29) is 0 Å². The second-order valence-electron chi connectivity index (χ2n) is 0.675. The van der Waals surface area contributed by atoms with Crippen molar-refractivity contribution in [3.8, 4) is 0 Å². The number of aliphatic hydroxyl groups is 1. The molecule has 0 unspecified atom stereocenters. The number of rotatable bonds is 1. The van der Waals surface area contributed by atoms with Gasteiger partial charge in [-0.25, -0.2) is 0 Å². The first-order chi connectivity index (χ1) is 2.41. The Kier molecular flexibility index (Phi) is 3.48. The lowest BCUT2D eigenvalue weighted by molar-refractivity contribution is 0.420. The molecule has 0 saturated heterocycles. The molecule has 0 bridgehead atoms.